The van der Waals surface area contributed by atoms with Gasteiger partial charge in [-0.25, -0.2) is 4.98 Å². The molecule has 5 rings (SSSR count). The number of methoxy groups -OCH3 is 1. The Labute approximate surface area is 199 Å². The van der Waals surface area contributed by atoms with E-state index in [1.165, 1.54) is 18.0 Å². The molecule has 170 valence electrons. The van der Waals surface area contributed by atoms with Crippen molar-refractivity contribution in [2.24, 2.45) is 5.10 Å². The van der Waals surface area contributed by atoms with Crippen LogP contribution in [0.4, 0.5) is 0 Å². The molecule has 0 radical (unpaired) electrons. The van der Waals surface area contributed by atoms with E-state index in [0.717, 1.165) is 5.39 Å². The maximum atomic E-state index is 13.4. The Morgan fingerprint density at radius 2 is 1.91 bits per heavy atom. The van der Waals surface area contributed by atoms with Crippen LogP contribution in [0.5, 0.6) is 11.5 Å². The summed E-state index contributed by atoms with van der Waals surface area (Å²) in [5.41, 5.74) is 1.47. The molecule has 7 nitrogen and oxygen atoms in total. The average Bonchev–Trinajstić information content (AvgIpc) is 3.29. The summed E-state index contributed by atoms with van der Waals surface area (Å²) < 4.78 is 18.4. The minimum absolute atomic E-state index is 0.281. The average molecular weight is 474 g/mol. The van der Waals surface area contributed by atoms with Crippen molar-refractivity contribution in [1.29, 1.82) is 0 Å². The molecule has 0 saturated carbocycles. The number of halogens is 1. The fraction of sp³-hybridized carbons (Fsp3) is 0.115. The topological polar surface area (TPSA) is 78.9 Å². The first-order valence-corrected chi connectivity index (χ1v) is 11.0. The molecule has 0 saturated heterocycles. The highest BCUT2D eigenvalue weighted by molar-refractivity contribution is 6.31. The Kier molecular flexibility index (Phi) is 5.77. The minimum atomic E-state index is -0.329. The Hall–Kier alpha value is -4.10. The van der Waals surface area contributed by atoms with Crippen LogP contribution in [-0.2, 0) is 0 Å². The lowest BCUT2D eigenvalue weighted by Gasteiger charge is -2.13. The first-order valence-electron chi connectivity index (χ1n) is 10.6. The van der Waals surface area contributed by atoms with Crippen molar-refractivity contribution in [3.05, 3.63) is 87.7 Å². The number of hydrogen-bond donors (Lipinski definition) is 0. The van der Waals surface area contributed by atoms with Crippen LogP contribution in [0.15, 0.2) is 81.0 Å². The second kappa shape index (κ2) is 9.03. The molecular formula is C26H20ClN3O4. The molecular weight excluding hydrogens is 454 g/mol. The molecule has 0 N–H and O–H groups in total. The van der Waals surface area contributed by atoms with Crippen molar-refractivity contribution in [2.45, 2.75) is 6.92 Å². The molecule has 3 aromatic carbocycles. The second-order valence-corrected chi connectivity index (χ2v) is 7.86. The van der Waals surface area contributed by atoms with Gasteiger partial charge in [0.15, 0.2) is 17.3 Å². The van der Waals surface area contributed by atoms with Crippen LogP contribution < -0.4 is 15.0 Å². The number of fused-ring (bicyclic) bond motifs is 2. The largest absolute Gasteiger partial charge is 0.493 e. The van der Waals surface area contributed by atoms with Gasteiger partial charge in [0, 0.05) is 22.0 Å². The number of furan rings is 1. The number of benzene rings is 3. The van der Waals surface area contributed by atoms with Crippen molar-refractivity contribution in [3.63, 3.8) is 0 Å². The fourth-order valence-corrected chi connectivity index (χ4v) is 3.95. The van der Waals surface area contributed by atoms with Crippen LogP contribution >= 0.6 is 11.6 Å². The molecule has 5 aromatic rings. The number of para-hydroxylation sites is 2. The van der Waals surface area contributed by atoms with Crippen molar-refractivity contribution in [2.75, 3.05) is 13.7 Å². The Balaban J connectivity index is 1.73. The maximum absolute atomic E-state index is 13.4. The number of aromatic nitrogens is 2. The molecule has 0 fully saturated rings. The molecule has 0 aliphatic heterocycles. The summed E-state index contributed by atoms with van der Waals surface area (Å²) >= 11 is 6.27. The molecule has 0 unspecified atom stereocenters. The van der Waals surface area contributed by atoms with Gasteiger partial charge >= 0.3 is 0 Å². The highest BCUT2D eigenvalue weighted by Gasteiger charge is 2.17. The monoisotopic (exact) mass is 473 g/mol. The van der Waals surface area contributed by atoms with Crippen molar-refractivity contribution in [1.82, 2.24) is 9.66 Å². The zero-order valence-corrected chi connectivity index (χ0v) is 19.2. The zero-order valence-electron chi connectivity index (χ0n) is 18.5. The third-order valence-electron chi connectivity index (χ3n) is 5.27. The van der Waals surface area contributed by atoms with Gasteiger partial charge in [-0.1, -0.05) is 41.9 Å². The van der Waals surface area contributed by atoms with Crippen molar-refractivity contribution < 1.29 is 13.9 Å². The summed E-state index contributed by atoms with van der Waals surface area (Å²) in [5.74, 6) is 1.65. The van der Waals surface area contributed by atoms with Gasteiger partial charge in [0.2, 0.25) is 5.82 Å². The van der Waals surface area contributed by atoms with E-state index < -0.39 is 0 Å². The lowest BCUT2D eigenvalue weighted by molar-refractivity contribution is 0.310. The van der Waals surface area contributed by atoms with Gasteiger partial charge in [0.1, 0.15) is 5.58 Å². The number of rotatable bonds is 6. The van der Waals surface area contributed by atoms with E-state index in [0.29, 0.717) is 50.9 Å². The predicted octanol–water partition coefficient (Wildman–Crippen LogP) is 5.75. The molecule has 0 aliphatic rings. The van der Waals surface area contributed by atoms with Gasteiger partial charge in [-0.2, -0.15) is 9.78 Å². The molecule has 2 heterocycles. The summed E-state index contributed by atoms with van der Waals surface area (Å²) in [6, 6.07) is 19.9. The van der Waals surface area contributed by atoms with Crippen molar-refractivity contribution in [3.8, 4) is 23.1 Å². The third-order valence-corrected chi connectivity index (χ3v) is 5.49. The maximum Gasteiger partial charge on any atom is 0.282 e. The molecule has 2 aromatic heterocycles. The van der Waals surface area contributed by atoms with E-state index >= 15 is 0 Å². The van der Waals surface area contributed by atoms with Crippen LogP contribution in [0, 0.1) is 0 Å². The zero-order chi connectivity index (χ0) is 23.7. The SMILES string of the molecule is CCOc1c(C=Nn2c(-c3cc4ccccc4o3)nc3ccccc3c2=O)cc(Cl)cc1OC. The quantitative estimate of drug-likeness (QED) is 0.293. The van der Waals surface area contributed by atoms with Crippen LogP contribution in [0.2, 0.25) is 5.02 Å². The summed E-state index contributed by atoms with van der Waals surface area (Å²) in [6.07, 6.45) is 1.50. The molecule has 0 bridgehead atoms. The standard InChI is InChI=1S/C26H20ClN3O4/c1-3-33-24-17(12-18(27)14-22(24)32-2)15-28-30-25(23-13-16-8-4-7-11-21(16)34-23)29-20-10-6-5-9-19(20)26(30)31/h4-15H,3H2,1-2H3. The van der Waals surface area contributed by atoms with Crippen molar-refractivity contribution >= 4 is 39.7 Å². The van der Waals surface area contributed by atoms with E-state index in [-0.39, 0.29) is 11.4 Å². The predicted molar refractivity (Wildman–Crippen MR) is 133 cm³/mol. The summed E-state index contributed by atoms with van der Waals surface area (Å²) in [4.78, 5) is 18.1. The smallest absolute Gasteiger partial charge is 0.282 e. The summed E-state index contributed by atoms with van der Waals surface area (Å²) in [7, 11) is 1.53. The van der Waals surface area contributed by atoms with E-state index in [4.69, 9.17) is 30.5 Å². The third kappa shape index (κ3) is 3.91. The minimum Gasteiger partial charge on any atom is -0.493 e. The Bertz CT molecular complexity index is 1570. The number of hydrogen-bond acceptors (Lipinski definition) is 6. The van der Waals surface area contributed by atoms with Gasteiger partial charge in [-0.15, -0.1) is 0 Å². The highest BCUT2D eigenvalue weighted by Crippen LogP contribution is 2.34. The second-order valence-electron chi connectivity index (χ2n) is 7.42. The van der Waals surface area contributed by atoms with Gasteiger partial charge in [0.05, 0.1) is 30.8 Å². The highest BCUT2D eigenvalue weighted by atomic mass is 35.5. The van der Waals surface area contributed by atoms with Gasteiger partial charge in [0.25, 0.3) is 5.56 Å². The van der Waals surface area contributed by atoms with E-state index in [2.05, 4.69) is 5.10 Å². The van der Waals surface area contributed by atoms with Gasteiger partial charge < -0.3 is 13.9 Å². The lowest BCUT2D eigenvalue weighted by atomic mass is 10.2. The molecule has 34 heavy (non-hydrogen) atoms. The van der Waals surface area contributed by atoms with Gasteiger partial charge in [-0.05, 0) is 37.3 Å². The Morgan fingerprint density at radius 3 is 2.71 bits per heavy atom. The Morgan fingerprint density at radius 1 is 1.12 bits per heavy atom. The molecule has 0 amide bonds. The van der Waals surface area contributed by atoms with E-state index in [1.807, 2.05) is 43.3 Å². The number of ether oxygens (including phenoxy) is 2. The summed E-state index contributed by atoms with van der Waals surface area (Å²) in [5, 5.41) is 6.28. The van der Waals surface area contributed by atoms with E-state index in [1.54, 1.807) is 30.3 Å². The fourth-order valence-electron chi connectivity index (χ4n) is 3.74. The van der Waals surface area contributed by atoms with Gasteiger partial charge in [-0.3, -0.25) is 4.79 Å². The van der Waals surface area contributed by atoms with Crippen LogP contribution in [0.25, 0.3) is 33.5 Å². The molecule has 0 spiro atoms. The normalized spacial score (nSPS) is 11.5. The molecule has 0 atom stereocenters. The summed E-state index contributed by atoms with van der Waals surface area (Å²) in [6.45, 7) is 2.28. The van der Waals surface area contributed by atoms with Crippen LogP contribution in [-0.4, -0.2) is 29.6 Å². The first kappa shape index (κ1) is 21.7. The first-order chi connectivity index (χ1) is 16.6. The molecule has 8 heteroatoms. The number of nitrogens with zero attached hydrogens (tertiary/aromatic N) is 3. The van der Waals surface area contributed by atoms with Crippen LogP contribution in [0.3, 0.4) is 0 Å². The lowest BCUT2D eigenvalue weighted by Crippen LogP contribution is -2.20. The van der Waals surface area contributed by atoms with E-state index in [9.17, 15) is 4.79 Å². The molecule has 0 aliphatic carbocycles. The van der Waals surface area contributed by atoms with Crippen LogP contribution in [0.1, 0.15) is 12.5 Å².